The molecule has 0 fully saturated rings. The molecule has 0 spiro atoms. The van der Waals surface area contributed by atoms with E-state index in [0.717, 1.165) is 12.2 Å². The monoisotopic (exact) mass is 235 g/mol. The predicted octanol–water partition coefficient (Wildman–Crippen LogP) is 2.06. The minimum atomic E-state index is -0.261. The van der Waals surface area contributed by atoms with Gasteiger partial charge in [0.25, 0.3) is 0 Å². The van der Waals surface area contributed by atoms with Crippen LogP contribution in [0.15, 0.2) is 18.3 Å². The number of rotatable bonds is 5. The third-order valence-electron chi connectivity index (χ3n) is 2.54. The van der Waals surface area contributed by atoms with E-state index in [-0.39, 0.29) is 11.3 Å². The van der Waals surface area contributed by atoms with Gasteiger partial charge in [0.1, 0.15) is 5.82 Å². The summed E-state index contributed by atoms with van der Waals surface area (Å²) in [7, 11) is 0. The van der Waals surface area contributed by atoms with Crippen molar-refractivity contribution >= 4 is 11.7 Å². The Bertz CT molecular complexity index is 365. The molecule has 0 aromatic carbocycles. The summed E-state index contributed by atoms with van der Waals surface area (Å²) in [6.07, 6.45) is 3.03. The molecule has 1 amide bonds. The summed E-state index contributed by atoms with van der Waals surface area (Å²) in [6.45, 7) is 7.18. The Balaban J connectivity index is 2.43. The molecule has 0 unspecified atom stereocenters. The number of carbonyl (C=O) groups is 1. The van der Waals surface area contributed by atoms with E-state index in [9.17, 15) is 4.79 Å². The first-order valence-corrected chi connectivity index (χ1v) is 5.88. The van der Waals surface area contributed by atoms with Gasteiger partial charge in [0, 0.05) is 19.2 Å². The summed E-state index contributed by atoms with van der Waals surface area (Å²) in [5.74, 6) is 0.574. The number of carbonyl (C=O) groups excluding carboxylic acids is 1. The Kier molecular flexibility index (Phi) is 4.49. The van der Waals surface area contributed by atoms with Crippen molar-refractivity contribution < 1.29 is 4.79 Å². The maximum atomic E-state index is 10.5. The fourth-order valence-electron chi connectivity index (χ4n) is 1.42. The van der Waals surface area contributed by atoms with Crippen LogP contribution in [-0.2, 0) is 10.2 Å². The molecule has 0 aliphatic heterocycles. The Morgan fingerprint density at radius 1 is 1.41 bits per heavy atom. The van der Waals surface area contributed by atoms with E-state index in [1.54, 1.807) is 0 Å². The number of hydrogen-bond acceptors (Lipinski definition) is 3. The van der Waals surface area contributed by atoms with E-state index in [2.05, 4.69) is 37.1 Å². The highest BCUT2D eigenvalue weighted by atomic mass is 16.1. The van der Waals surface area contributed by atoms with Gasteiger partial charge in [-0.2, -0.15) is 0 Å². The molecule has 0 saturated heterocycles. The van der Waals surface area contributed by atoms with Crippen LogP contribution in [0.3, 0.4) is 0 Å². The summed E-state index contributed by atoms with van der Waals surface area (Å²) in [5.41, 5.74) is 6.39. The first-order chi connectivity index (χ1) is 7.89. The summed E-state index contributed by atoms with van der Waals surface area (Å²) in [4.78, 5) is 14.9. The highest BCUT2D eigenvalue weighted by molar-refractivity contribution is 5.73. The summed E-state index contributed by atoms with van der Waals surface area (Å²) in [5, 5.41) is 3.16. The standard InChI is InChI=1S/C13H21N3O/c1-13(2,3)10-6-7-12(16-9-10)15-8-4-5-11(14)17/h6-7,9H,4-5,8H2,1-3H3,(H2,14,17)(H,15,16). The molecule has 3 N–H and O–H groups in total. The zero-order chi connectivity index (χ0) is 12.9. The van der Waals surface area contributed by atoms with E-state index in [1.807, 2.05) is 12.3 Å². The quantitative estimate of drug-likeness (QED) is 0.767. The Morgan fingerprint density at radius 3 is 2.59 bits per heavy atom. The summed E-state index contributed by atoms with van der Waals surface area (Å²) >= 11 is 0. The average Bonchev–Trinajstić information content (AvgIpc) is 2.23. The van der Waals surface area contributed by atoms with Crippen LogP contribution in [0.4, 0.5) is 5.82 Å². The van der Waals surface area contributed by atoms with Gasteiger partial charge >= 0.3 is 0 Å². The van der Waals surface area contributed by atoms with Gasteiger partial charge in [-0.25, -0.2) is 4.98 Å². The van der Waals surface area contributed by atoms with E-state index in [0.29, 0.717) is 13.0 Å². The molecule has 4 nitrogen and oxygen atoms in total. The number of nitrogens with one attached hydrogen (secondary N) is 1. The van der Waals surface area contributed by atoms with Gasteiger partial charge in [-0.3, -0.25) is 4.79 Å². The van der Waals surface area contributed by atoms with Crippen LogP contribution >= 0.6 is 0 Å². The lowest BCUT2D eigenvalue weighted by atomic mass is 9.88. The van der Waals surface area contributed by atoms with Crippen molar-refractivity contribution in [3.8, 4) is 0 Å². The van der Waals surface area contributed by atoms with Crippen molar-refractivity contribution in [2.45, 2.75) is 39.0 Å². The highest BCUT2D eigenvalue weighted by Crippen LogP contribution is 2.21. The second-order valence-electron chi connectivity index (χ2n) is 5.18. The number of anilines is 1. The van der Waals surface area contributed by atoms with Crippen LogP contribution in [0, 0.1) is 0 Å². The van der Waals surface area contributed by atoms with Gasteiger partial charge in [0.05, 0.1) is 0 Å². The van der Waals surface area contributed by atoms with E-state index < -0.39 is 0 Å². The zero-order valence-electron chi connectivity index (χ0n) is 10.8. The van der Waals surface area contributed by atoms with Crippen molar-refractivity contribution in [2.75, 3.05) is 11.9 Å². The van der Waals surface area contributed by atoms with Crippen LogP contribution < -0.4 is 11.1 Å². The third kappa shape index (κ3) is 4.85. The van der Waals surface area contributed by atoms with E-state index in [1.165, 1.54) is 5.56 Å². The van der Waals surface area contributed by atoms with Gasteiger partial charge in [0.15, 0.2) is 0 Å². The van der Waals surface area contributed by atoms with Gasteiger partial charge in [-0.1, -0.05) is 26.8 Å². The second-order valence-corrected chi connectivity index (χ2v) is 5.18. The molecule has 1 rings (SSSR count). The number of pyridine rings is 1. The Labute approximate surface area is 103 Å². The van der Waals surface area contributed by atoms with Crippen molar-refractivity contribution in [3.05, 3.63) is 23.9 Å². The van der Waals surface area contributed by atoms with Crippen molar-refractivity contribution in [3.63, 3.8) is 0 Å². The number of primary amides is 1. The van der Waals surface area contributed by atoms with Crippen LogP contribution in [0.1, 0.15) is 39.2 Å². The normalized spacial score (nSPS) is 11.2. The molecule has 0 atom stereocenters. The number of hydrogen-bond donors (Lipinski definition) is 2. The van der Waals surface area contributed by atoms with Gasteiger partial charge < -0.3 is 11.1 Å². The zero-order valence-corrected chi connectivity index (χ0v) is 10.8. The molecule has 4 heteroatoms. The number of nitrogens with two attached hydrogens (primary N) is 1. The molecule has 0 bridgehead atoms. The maximum Gasteiger partial charge on any atom is 0.217 e. The molecule has 1 aromatic heterocycles. The third-order valence-corrected chi connectivity index (χ3v) is 2.54. The van der Waals surface area contributed by atoms with Crippen LogP contribution in [0.5, 0.6) is 0 Å². The molecule has 94 valence electrons. The average molecular weight is 235 g/mol. The molecular formula is C13H21N3O. The molecule has 1 heterocycles. The molecule has 1 aromatic rings. The SMILES string of the molecule is CC(C)(C)c1ccc(NCCCC(N)=O)nc1. The van der Waals surface area contributed by atoms with E-state index >= 15 is 0 Å². The first-order valence-electron chi connectivity index (χ1n) is 5.88. The molecular weight excluding hydrogens is 214 g/mol. The van der Waals surface area contributed by atoms with Crippen LogP contribution in [0.25, 0.3) is 0 Å². The van der Waals surface area contributed by atoms with Crippen molar-refractivity contribution in [2.24, 2.45) is 5.73 Å². The number of nitrogens with zero attached hydrogens (tertiary/aromatic N) is 1. The minimum Gasteiger partial charge on any atom is -0.370 e. The summed E-state index contributed by atoms with van der Waals surface area (Å²) in [6, 6.07) is 4.04. The predicted molar refractivity (Wildman–Crippen MR) is 69.9 cm³/mol. The molecule has 0 aliphatic rings. The fourth-order valence-corrected chi connectivity index (χ4v) is 1.42. The number of aromatic nitrogens is 1. The van der Waals surface area contributed by atoms with Gasteiger partial charge in [0.2, 0.25) is 5.91 Å². The van der Waals surface area contributed by atoms with Crippen molar-refractivity contribution in [1.29, 1.82) is 0 Å². The fraction of sp³-hybridized carbons (Fsp3) is 0.538. The topological polar surface area (TPSA) is 68.0 Å². The lowest BCUT2D eigenvalue weighted by molar-refractivity contribution is -0.118. The second kappa shape index (κ2) is 5.66. The van der Waals surface area contributed by atoms with Gasteiger partial charge in [-0.05, 0) is 23.5 Å². The molecule has 0 saturated carbocycles. The lowest BCUT2D eigenvalue weighted by Crippen LogP contribution is -2.14. The molecule has 17 heavy (non-hydrogen) atoms. The Morgan fingerprint density at radius 2 is 2.12 bits per heavy atom. The molecule has 0 radical (unpaired) electrons. The highest BCUT2D eigenvalue weighted by Gasteiger charge is 2.13. The summed E-state index contributed by atoms with van der Waals surface area (Å²) < 4.78 is 0. The lowest BCUT2D eigenvalue weighted by Gasteiger charge is -2.18. The Hall–Kier alpha value is -1.58. The number of amides is 1. The molecule has 0 aliphatic carbocycles. The van der Waals surface area contributed by atoms with Gasteiger partial charge in [-0.15, -0.1) is 0 Å². The van der Waals surface area contributed by atoms with Crippen molar-refractivity contribution in [1.82, 2.24) is 4.98 Å². The van der Waals surface area contributed by atoms with E-state index in [4.69, 9.17) is 5.73 Å². The maximum absolute atomic E-state index is 10.5. The first kappa shape index (κ1) is 13.5. The smallest absolute Gasteiger partial charge is 0.217 e. The largest absolute Gasteiger partial charge is 0.370 e. The minimum absolute atomic E-state index is 0.123. The van der Waals surface area contributed by atoms with Crippen LogP contribution in [-0.4, -0.2) is 17.4 Å². The van der Waals surface area contributed by atoms with Crippen LogP contribution in [0.2, 0.25) is 0 Å².